The first-order valence-electron chi connectivity index (χ1n) is 8.59. The van der Waals surface area contributed by atoms with Gasteiger partial charge in [-0.3, -0.25) is 4.79 Å². The summed E-state index contributed by atoms with van der Waals surface area (Å²) < 4.78 is 37.4. The number of amides is 1. The fourth-order valence-corrected chi connectivity index (χ4v) is 4.60. The normalized spacial score (nSPS) is 23.3. The van der Waals surface area contributed by atoms with Crippen LogP contribution in [0.15, 0.2) is 35.2 Å². The third kappa shape index (κ3) is 4.58. The number of hydrogen-bond acceptors (Lipinski definition) is 5. The quantitative estimate of drug-likeness (QED) is 0.824. The second kappa shape index (κ2) is 8.27. The molecule has 138 valence electrons. The summed E-state index contributed by atoms with van der Waals surface area (Å²) in [4.78, 5) is 12.6. The van der Waals surface area contributed by atoms with Crippen molar-refractivity contribution in [2.75, 3.05) is 39.5 Å². The molecule has 0 unspecified atom stereocenters. The van der Waals surface area contributed by atoms with Crippen LogP contribution in [0.25, 0.3) is 0 Å². The molecule has 2 aliphatic rings. The van der Waals surface area contributed by atoms with Crippen LogP contribution in [0.4, 0.5) is 0 Å². The zero-order valence-electron chi connectivity index (χ0n) is 14.1. The Morgan fingerprint density at radius 2 is 1.88 bits per heavy atom. The number of carbonyl (C=O) groups is 1. The Morgan fingerprint density at radius 3 is 2.52 bits per heavy atom. The molecule has 25 heavy (non-hydrogen) atoms. The van der Waals surface area contributed by atoms with Crippen molar-refractivity contribution in [2.45, 2.75) is 23.8 Å². The first-order valence-corrected chi connectivity index (χ1v) is 10.0. The molecule has 2 fully saturated rings. The Kier molecular flexibility index (Phi) is 6.06. The molecule has 0 spiro atoms. The summed E-state index contributed by atoms with van der Waals surface area (Å²) in [7, 11) is -3.48. The molecule has 0 bridgehead atoms. The SMILES string of the molecule is O=C(NC[C@@H]1COCCO1)C1CCN(S(=O)(=O)c2ccccc2)CC1. The standard InChI is InChI=1S/C17H24N2O5S/c20-17(18-12-15-13-23-10-11-24-15)14-6-8-19(9-7-14)25(21,22)16-4-2-1-3-5-16/h1-5,14-15H,6-13H2,(H,18,20)/t15-/m1/s1. The van der Waals surface area contributed by atoms with E-state index in [-0.39, 0.29) is 17.9 Å². The number of sulfonamides is 1. The lowest BCUT2D eigenvalue weighted by molar-refractivity contribution is -0.128. The van der Waals surface area contributed by atoms with E-state index >= 15 is 0 Å². The topological polar surface area (TPSA) is 84.9 Å². The molecular weight excluding hydrogens is 344 g/mol. The Morgan fingerprint density at radius 1 is 1.16 bits per heavy atom. The summed E-state index contributed by atoms with van der Waals surface area (Å²) >= 11 is 0. The molecule has 8 heteroatoms. The maximum atomic E-state index is 12.6. The summed E-state index contributed by atoms with van der Waals surface area (Å²) in [5.74, 6) is -0.197. The van der Waals surface area contributed by atoms with E-state index in [9.17, 15) is 13.2 Å². The van der Waals surface area contributed by atoms with Gasteiger partial charge in [0.05, 0.1) is 30.8 Å². The van der Waals surface area contributed by atoms with Crippen LogP contribution in [0, 0.1) is 5.92 Å². The number of carbonyl (C=O) groups excluding carboxylic acids is 1. The molecule has 1 N–H and O–H groups in total. The fraction of sp³-hybridized carbons (Fsp3) is 0.588. The first-order chi connectivity index (χ1) is 12.1. The molecule has 0 aromatic heterocycles. The molecule has 2 saturated heterocycles. The highest BCUT2D eigenvalue weighted by molar-refractivity contribution is 7.89. The van der Waals surface area contributed by atoms with Gasteiger partial charge in [0.1, 0.15) is 0 Å². The number of rotatable bonds is 5. The molecule has 2 aliphatic heterocycles. The van der Waals surface area contributed by atoms with E-state index in [1.165, 1.54) is 4.31 Å². The Hall–Kier alpha value is -1.48. The van der Waals surface area contributed by atoms with Crippen LogP contribution in [-0.2, 0) is 24.3 Å². The zero-order chi connectivity index (χ0) is 17.7. The average molecular weight is 368 g/mol. The van der Waals surface area contributed by atoms with Gasteiger partial charge in [-0.05, 0) is 25.0 Å². The zero-order valence-corrected chi connectivity index (χ0v) is 14.9. The Bertz CT molecular complexity index is 666. The van der Waals surface area contributed by atoms with E-state index < -0.39 is 10.0 Å². The van der Waals surface area contributed by atoms with E-state index in [2.05, 4.69) is 5.32 Å². The van der Waals surface area contributed by atoms with Crippen LogP contribution in [0.5, 0.6) is 0 Å². The molecule has 1 amide bonds. The maximum Gasteiger partial charge on any atom is 0.243 e. The summed E-state index contributed by atoms with van der Waals surface area (Å²) in [5.41, 5.74) is 0. The van der Waals surface area contributed by atoms with Crippen molar-refractivity contribution in [1.82, 2.24) is 9.62 Å². The minimum Gasteiger partial charge on any atom is -0.376 e. The second-order valence-electron chi connectivity index (χ2n) is 6.30. The summed E-state index contributed by atoms with van der Waals surface area (Å²) in [5, 5.41) is 2.90. The van der Waals surface area contributed by atoms with Crippen LogP contribution in [0.2, 0.25) is 0 Å². The maximum absolute atomic E-state index is 12.6. The van der Waals surface area contributed by atoms with Gasteiger partial charge in [-0.1, -0.05) is 18.2 Å². The van der Waals surface area contributed by atoms with Crippen molar-refractivity contribution in [3.8, 4) is 0 Å². The second-order valence-corrected chi connectivity index (χ2v) is 8.24. The van der Waals surface area contributed by atoms with Gasteiger partial charge in [0.2, 0.25) is 15.9 Å². The predicted molar refractivity (Wildman–Crippen MR) is 91.5 cm³/mol. The van der Waals surface area contributed by atoms with Crippen molar-refractivity contribution in [1.29, 1.82) is 0 Å². The largest absolute Gasteiger partial charge is 0.376 e. The Labute approximate surface area is 148 Å². The monoisotopic (exact) mass is 368 g/mol. The van der Waals surface area contributed by atoms with Gasteiger partial charge in [-0.2, -0.15) is 4.31 Å². The molecule has 0 saturated carbocycles. The molecule has 1 aromatic rings. The van der Waals surface area contributed by atoms with Crippen LogP contribution in [0.3, 0.4) is 0 Å². The molecule has 7 nitrogen and oxygen atoms in total. The number of ether oxygens (including phenoxy) is 2. The van der Waals surface area contributed by atoms with Gasteiger partial charge in [-0.15, -0.1) is 0 Å². The van der Waals surface area contributed by atoms with Crippen LogP contribution >= 0.6 is 0 Å². The highest BCUT2D eigenvalue weighted by Crippen LogP contribution is 2.23. The number of nitrogens with zero attached hydrogens (tertiary/aromatic N) is 1. The van der Waals surface area contributed by atoms with Crippen molar-refractivity contribution in [2.24, 2.45) is 5.92 Å². The van der Waals surface area contributed by atoms with Crippen LogP contribution in [0.1, 0.15) is 12.8 Å². The van der Waals surface area contributed by atoms with E-state index in [1.807, 2.05) is 0 Å². The lowest BCUT2D eigenvalue weighted by Gasteiger charge is -2.31. The minimum absolute atomic E-state index is 0.0362. The van der Waals surface area contributed by atoms with Crippen molar-refractivity contribution in [3.05, 3.63) is 30.3 Å². The van der Waals surface area contributed by atoms with Crippen LogP contribution < -0.4 is 5.32 Å². The molecular formula is C17H24N2O5S. The van der Waals surface area contributed by atoms with Gasteiger partial charge < -0.3 is 14.8 Å². The van der Waals surface area contributed by atoms with E-state index in [0.717, 1.165) is 0 Å². The lowest BCUT2D eigenvalue weighted by Crippen LogP contribution is -2.45. The molecule has 0 radical (unpaired) electrons. The Balaban J connectivity index is 1.49. The fourth-order valence-electron chi connectivity index (χ4n) is 3.11. The number of piperidine rings is 1. The number of benzene rings is 1. The number of hydrogen-bond donors (Lipinski definition) is 1. The van der Waals surface area contributed by atoms with Gasteiger partial charge in [0, 0.05) is 25.6 Å². The number of nitrogens with one attached hydrogen (secondary N) is 1. The first kappa shape index (κ1) is 18.3. The molecule has 0 aliphatic carbocycles. The van der Waals surface area contributed by atoms with Gasteiger partial charge in [0.25, 0.3) is 0 Å². The molecule has 3 rings (SSSR count). The highest BCUT2D eigenvalue weighted by atomic mass is 32.2. The molecule has 1 aromatic carbocycles. The average Bonchev–Trinajstić information content (AvgIpc) is 2.68. The predicted octanol–water partition coefficient (Wildman–Crippen LogP) is 0.619. The van der Waals surface area contributed by atoms with Gasteiger partial charge in [-0.25, -0.2) is 8.42 Å². The highest BCUT2D eigenvalue weighted by Gasteiger charge is 2.32. The van der Waals surface area contributed by atoms with Gasteiger partial charge in [0.15, 0.2) is 0 Å². The molecule has 2 heterocycles. The smallest absolute Gasteiger partial charge is 0.243 e. The van der Waals surface area contributed by atoms with Gasteiger partial charge >= 0.3 is 0 Å². The summed E-state index contributed by atoms with van der Waals surface area (Å²) in [6.45, 7) is 2.79. The summed E-state index contributed by atoms with van der Waals surface area (Å²) in [6.07, 6.45) is 0.955. The minimum atomic E-state index is -3.48. The third-order valence-electron chi connectivity index (χ3n) is 4.59. The lowest BCUT2D eigenvalue weighted by atomic mass is 9.97. The van der Waals surface area contributed by atoms with E-state index in [0.29, 0.717) is 57.2 Å². The van der Waals surface area contributed by atoms with Crippen molar-refractivity contribution >= 4 is 15.9 Å². The van der Waals surface area contributed by atoms with Crippen molar-refractivity contribution in [3.63, 3.8) is 0 Å². The van der Waals surface area contributed by atoms with E-state index in [1.54, 1.807) is 30.3 Å². The van der Waals surface area contributed by atoms with E-state index in [4.69, 9.17) is 9.47 Å². The third-order valence-corrected chi connectivity index (χ3v) is 6.51. The van der Waals surface area contributed by atoms with Crippen LogP contribution in [-0.4, -0.2) is 64.2 Å². The summed E-state index contributed by atoms with van der Waals surface area (Å²) in [6, 6.07) is 8.41. The molecule has 1 atom stereocenters. The van der Waals surface area contributed by atoms with Crippen molar-refractivity contribution < 1.29 is 22.7 Å².